The molecule has 3 rings (SSSR count). The Hall–Kier alpha value is -1.53. The van der Waals surface area contributed by atoms with E-state index < -0.39 is 0 Å². The van der Waals surface area contributed by atoms with Crippen LogP contribution in [0.25, 0.3) is 11.2 Å². The first kappa shape index (κ1) is 16.3. The largest absolute Gasteiger partial charge is 0.307 e. The van der Waals surface area contributed by atoms with Gasteiger partial charge in [0.05, 0.1) is 12.3 Å². The number of imidazole rings is 1. The van der Waals surface area contributed by atoms with Crippen LogP contribution in [0.1, 0.15) is 57.6 Å². The van der Waals surface area contributed by atoms with Gasteiger partial charge in [-0.15, -0.1) is 0 Å². The smallest absolute Gasteiger partial charge is 0.164 e. The highest BCUT2D eigenvalue weighted by Gasteiger charge is 2.30. The van der Waals surface area contributed by atoms with E-state index in [1.54, 1.807) is 6.33 Å². The van der Waals surface area contributed by atoms with Crippen LogP contribution in [0, 0.1) is 18.8 Å². The van der Waals surface area contributed by atoms with Crippen LogP contribution < -0.4 is 0 Å². The number of hydrogen-bond donors (Lipinski definition) is 0. The molecule has 126 valence electrons. The van der Waals surface area contributed by atoms with Crippen molar-refractivity contribution in [3.05, 3.63) is 17.8 Å². The molecule has 2 aromatic heterocycles. The second kappa shape index (κ2) is 6.93. The molecule has 0 bridgehead atoms. The highest BCUT2D eigenvalue weighted by molar-refractivity contribution is 5.73. The molecule has 3 atom stereocenters. The molecule has 3 unspecified atom stereocenters. The standard InChI is InChI=1S/C17H26N4O2/c1-5-22-23-9-15-20-16-13(4)18-10-19-17(16)21(15)14-8-11(2)6-7-12(14)3/h10-12,14H,5-9H2,1-4H3. The van der Waals surface area contributed by atoms with E-state index >= 15 is 0 Å². The summed E-state index contributed by atoms with van der Waals surface area (Å²) in [5, 5.41) is 0. The Bertz CT molecular complexity index is 670. The SMILES string of the molecule is CCOOCc1nc2c(C)ncnc2n1C1CC(C)CCC1C. The molecule has 2 aromatic rings. The zero-order valence-electron chi connectivity index (χ0n) is 14.5. The van der Waals surface area contributed by atoms with Crippen LogP contribution in [-0.4, -0.2) is 26.1 Å². The van der Waals surface area contributed by atoms with Gasteiger partial charge in [-0.05, 0) is 38.5 Å². The van der Waals surface area contributed by atoms with Gasteiger partial charge in [0.25, 0.3) is 0 Å². The van der Waals surface area contributed by atoms with Crippen LogP contribution >= 0.6 is 0 Å². The van der Waals surface area contributed by atoms with Gasteiger partial charge >= 0.3 is 0 Å². The lowest BCUT2D eigenvalue weighted by Gasteiger charge is -2.34. The Balaban J connectivity index is 2.04. The van der Waals surface area contributed by atoms with Crippen LogP contribution in [0.4, 0.5) is 0 Å². The lowest BCUT2D eigenvalue weighted by Crippen LogP contribution is -2.26. The molecule has 0 amide bonds. The third-order valence-corrected chi connectivity index (χ3v) is 4.87. The Labute approximate surface area is 137 Å². The average Bonchev–Trinajstić information content (AvgIpc) is 2.90. The summed E-state index contributed by atoms with van der Waals surface area (Å²) in [6.07, 6.45) is 5.31. The van der Waals surface area contributed by atoms with Crippen LogP contribution in [0.15, 0.2) is 6.33 Å². The van der Waals surface area contributed by atoms with Crippen molar-refractivity contribution < 1.29 is 9.78 Å². The molecule has 6 heteroatoms. The lowest BCUT2D eigenvalue weighted by atomic mass is 9.80. The van der Waals surface area contributed by atoms with Crippen molar-refractivity contribution in [2.75, 3.05) is 6.61 Å². The summed E-state index contributed by atoms with van der Waals surface area (Å²) >= 11 is 0. The fourth-order valence-corrected chi connectivity index (χ4v) is 3.56. The summed E-state index contributed by atoms with van der Waals surface area (Å²) in [6, 6.07) is 0.401. The average molecular weight is 318 g/mol. The molecule has 2 heterocycles. The molecule has 0 aliphatic heterocycles. The maximum atomic E-state index is 5.30. The summed E-state index contributed by atoms with van der Waals surface area (Å²) < 4.78 is 2.27. The van der Waals surface area contributed by atoms with Gasteiger partial charge in [0.15, 0.2) is 5.65 Å². The van der Waals surface area contributed by atoms with Gasteiger partial charge in [-0.3, -0.25) is 0 Å². The number of fused-ring (bicyclic) bond motifs is 1. The predicted molar refractivity (Wildman–Crippen MR) is 87.7 cm³/mol. The molecule has 0 radical (unpaired) electrons. The van der Waals surface area contributed by atoms with Crippen molar-refractivity contribution >= 4 is 11.2 Å². The normalized spacial score (nSPS) is 25.1. The molecule has 23 heavy (non-hydrogen) atoms. The third kappa shape index (κ3) is 3.23. The van der Waals surface area contributed by atoms with E-state index in [2.05, 4.69) is 28.4 Å². The van der Waals surface area contributed by atoms with Gasteiger partial charge in [-0.25, -0.2) is 24.7 Å². The Morgan fingerprint density at radius 3 is 2.83 bits per heavy atom. The van der Waals surface area contributed by atoms with E-state index in [4.69, 9.17) is 14.8 Å². The predicted octanol–water partition coefficient (Wildman–Crippen LogP) is 3.60. The molecular weight excluding hydrogens is 292 g/mol. The number of hydrogen-bond acceptors (Lipinski definition) is 5. The number of nitrogens with zero attached hydrogens (tertiary/aromatic N) is 4. The van der Waals surface area contributed by atoms with Crippen molar-refractivity contribution in [3.8, 4) is 0 Å². The quantitative estimate of drug-likeness (QED) is 0.479. The van der Waals surface area contributed by atoms with Crippen molar-refractivity contribution in [1.82, 2.24) is 19.5 Å². The summed E-state index contributed by atoms with van der Waals surface area (Å²) in [4.78, 5) is 23.9. The van der Waals surface area contributed by atoms with Crippen molar-refractivity contribution in [3.63, 3.8) is 0 Å². The highest BCUT2D eigenvalue weighted by Crippen LogP contribution is 2.39. The first-order valence-electron chi connectivity index (χ1n) is 8.54. The van der Waals surface area contributed by atoms with Crippen LogP contribution in [0.3, 0.4) is 0 Å². The molecule has 1 aliphatic carbocycles. The van der Waals surface area contributed by atoms with Gasteiger partial charge in [0, 0.05) is 6.04 Å². The molecule has 1 fully saturated rings. The maximum absolute atomic E-state index is 5.30. The fraction of sp³-hybridized carbons (Fsp3) is 0.706. The van der Waals surface area contributed by atoms with Crippen LogP contribution in [0.2, 0.25) is 0 Å². The maximum Gasteiger partial charge on any atom is 0.164 e. The topological polar surface area (TPSA) is 62.1 Å². The summed E-state index contributed by atoms with van der Waals surface area (Å²) in [7, 11) is 0. The van der Waals surface area contributed by atoms with Crippen molar-refractivity contribution in [2.24, 2.45) is 11.8 Å². The summed E-state index contributed by atoms with van der Waals surface area (Å²) in [6.45, 7) is 9.39. The zero-order valence-corrected chi connectivity index (χ0v) is 14.5. The van der Waals surface area contributed by atoms with E-state index in [-0.39, 0.29) is 0 Å². The molecule has 6 nitrogen and oxygen atoms in total. The van der Waals surface area contributed by atoms with Crippen LogP contribution in [-0.2, 0) is 16.4 Å². The summed E-state index contributed by atoms with van der Waals surface area (Å²) in [5.74, 6) is 2.20. The summed E-state index contributed by atoms with van der Waals surface area (Å²) in [5.41, 5.74) is 2.69. The van der Waals surface area contributed by atoms with Crippen molar-refractivity contribution in [1.29, 1.82) is 0 Å². The number of aromatic nitrogens is 4. The van der Waals surface area contributed by atoms with E-state index in [1.165, 1.54) is 12.8 Å². The van der Waals surface area contributed by atoms with E-state index in [9.17, 15) is 0 Å². The zero-order chi connectivity index (χ0) is 16.4. The molecule has 0 aromatic carbocycles. The van der Waals surface area contributed by atoms with Gasteiger partial charge in [0.2, 0.25) is 0 Å². The van der Waals surface area contributed by atoms with Gasteiger partial charge < -0.3 is 4.57 Å². The van der Waals surface area contributed by atoms with Crippen molar-refractivity contribution in [2.45, 2.75) is 59.6 Å². The van der Waals surface area contributed by atoms with Crippen LogP contribution in [0.5, 0.6) is 0 Å². The Morgan fingerprint density at radius 1 is 1.22 bits per heavy atom. The fourth-order valence-electron chi connectivity index (χ4n) is 3.56. The van der Waals surface area contributed by atoms with Gasteiger partial charge in [0.1, 0.15) is 24.3 Å². The lowest BCUT2D eigenvalue weighted by molar-refractivity contribution is -0.302. The number of rotatable bonds is 5. The third-order valence-electron chi connectivity index (χ3n) is 4.87. The minimum atomic E-state index is 0.335. The van der Waals surface area contributed by atoms with Gasteiger partial charge in [-0.2, -0.15) is 0 Å². The highest BCUT2D eigenvalue weighted by atomic mass is 17.2. The molecule has 1 saturated carbocycles. The molecule has 1 aliphatic rings. The molecule has 0 spiro atoms. The molecule has 0 saturated heterocycles. The molecule has 0 N–H and O–H groups in total. The second-order valence-electron chi connectivity index (χ2n) is 6.66. The first-order chi connectivity index (χ1) is 11.1. The van der Waals surface area contributed by atoms with E-state index in [0.717, 1.165) is 35.0 Å². The van der Waals surface area contributed by atoms with Gasteiger partial charge in [-0.1, -0.05) is 20.3 Å². The number of aryl methyl sites for hydroxylation is 1. The monoisotopic (exact) mass is 318 g/mol. The Kier molecular flexibility index (Phi) is 4.92. The second-order valence-corrected chi connectivity index (χ2v) is 6.66. The first-order valence-corrected chi connectivity index (χ1v) is 8.54. The molecular formula is C17H26N4O2. The van der Waals surface area contributed by atoms with E-state index in [1.807, 2.05) is 13.8 Å². The minimum Gasteiger partial charge on any atom is -0.307 e. The van der Waals surface area contributed by atoms with E-state index in [0.29, 0.717) is 25.2 Å². The minimum absolute atomic E-state index is 0.335. The Morgan fingerprint density at radius 2 is 2.04 bits per heavy atom.